The van der Waals surface area contributed by atoms with Gasteiger partial charge in [-0.2, -0.15) is 13.2 Å². The molecule has 0 N–H and O–H groups in total. The minimum atomic E-state index is -5.32. The molecular weight excluding hydrogens is 263 g/mol. The maximum Gasteiger partial charge on any atom is 0.501 e. The third-order valence-electron chi connectivity index (χ3n) is 1.64. The molecule has 3 nitrogen and oxygen atoms in total. The smallest absolute Gasteiger partial charge is 0.250 e. The number of hydrogen-bond acceptors (Lipinski definition) is 3. The van der Waals surface area contributed by atoms with Crippen molar-refractivity contribution in [2.45, 2.75) is 10.4 Å². The van der Waals surface area contributed by atoms with E-state index in [0.717, 1.165) is 17.7 Å². The topological polar surface area (TPSA) is 46.5 Å². The molecule has 0 aliphatic rings. The zero-order valence-electron chi connectivity index (χ0n) is 7.64. The van der Waals surface area contributed by atoms with Gasteiger partial charge in [0.25, 0.3) is 9.84 Å². The normalized spacial score (nSPS) is 13.2. The van der Waals surface area contributed by atoms with Crippen LogP contribution in [-0.4, -0.2) is 19.5 Å². The van der Waals surface area contributed by atoms with Crippen molar-refractivity contribution in [1.82, 2.24) is 0 Å². The second kappa shape index (κ2) is 4.46. The standard InChI is InChI=1S/C8H6F3NO2S2/c9-8(10,11)16(13,14)7-3-1-2-6(4-7)12-5-15/h1-5H,(H,12,15). The first-order valence-corrected chi connectivity index (χ1v) is 5.87. The first-order chi connectivity index (χ1) is 7.29. The molecule has 1 rings (SSSR count). The second-order valence-electron chi connectivity index (χ2n) is 2.69. The van der Waals surface area contributed by atoms with Crippen LogP contribution in [0.15, 0.2) is 34.2 Å². The van der Waals surface area contributed by atoms with Crippen molar-refractivity contribution in [1.29, 1.82) is 0 Å². The number of alkyl halides is 3. The molecule has 0 saturated carbocycles. The molecule has 0 atom stereocenters. The third-order valence-corrected chi connectivity index (χ3v) is 3.24. The molecule has 0 aliphatic heterocycles. The van der Waals surface area contributed by atoms with E-state index in [-0.39, 0.29) is 5.69 Å². The van der Waals surface area contributed by atoms with Crippen molar-refractivity contribution in [2.24, 2.45) is 4.99 Å². The van der Waals surface area contributed by atoms with E-state index in [9.17, 15) is 21.6 Å². The summed E-state index contributed by atoms with van der Waals surface area (Å²) in [6.07, 6.45) is 0. The Kier molecular flexibility index (Phi) is 3.64. The lowest BCUT2D eigenvalue weighted by molar-refractivity contribution is -0.0435. The number of benzene rings is 1. The van der Waals surface area contributed by atoms with E-state index in [4.69, 9.17) is 0 Å². The Balaban J connectivity index is 3.30. The highest BCUT2D eigenvalue weighted by Gasteiger charge is 2.46. The zero-order valence-corrected chi connectivity index (χ0v) is 9.35. The van der Waals surface area contributed by atoms with Gasteiger partial charge in [0.2, 0.25) is 0 Å². The maximum atomic E-state index is 12.2. The Morgan fingerprint density at radius 2 is 1.94 bits per heavy atom. The van der Waals surface area contributed by atoms with Crippen molar-refractivity contribution in [3.63, 3.8) is 0 Å². The van der Waals surface area contributed by atoms with Crippen LogP contribution in [0.3, 0.4) is 0 Å². The molecule has 0 aromatic heterocycles. The number of halogens is 3. The molecule has 0 spiro atoms. The van der Waals surface area contributed by atoms with Gasteiger partial charge < -0.3 is 0 Å². The molecule has 88 valence electrons. The summed E-state index contributed by atoms with van der Waals surface area (Å²) in [7, 11) is -5.32. The van der Waals surface area contributed by atoms with Gasteiger partial charge in [0.05, 0.1) is 16.1 Å². The molecule has 0 saturated heterocycles. The average Bonchev–Trinajstić information content (AvgIpc) is 2.17. The van der Waals surface area contributed by atoms with E-state index < -0.39 is 20.2 Å². The molecular formula is C8H6F3NO2S2. The Labute approximate surface area is 95.3 Å². The highest BCUT2D eigenvalue weighted by atomic mass is 32.2. The summed E-state index contributed by atoms with van der Waals surface area (Å²) in [5.41, 5.74) is -4.17. The van der Waals surface area contributed by atoms with Crippen molar-refractivity contribution in [3.8, 4) is 0 Å². The van der Waals surface area contributed by atoms with Crippen LogP contribution >= 0.6 is 12.6 Å². The Bertz CT molecular complexity index is 508. The molecule has 1 aromatic carbocycles. The van der Waals surface area contributed by atoms with Gasteiger partial charge in [-0.15, -0.1) is 12.6 Å². The molecule has 0 bridgehead atoms. The lowest BCUT2D eigenvalue weighted by Gasteiger charge is -2.07. The van der Waals surface area contributed by atoms with Gasteiger partial charge in [-0.1, -0.05) is 6.07 Å². The summed E-state index contributed by atoms with van der Waals surface area (Å²) in [6, 6.07) is 4.23. The summed E-state index contributed by atoms with van der Waals surface area (Å²) >= 11 is 3.63. The molecule has 0 heterocycles. The lowest BCUT2D eigenvalue weighted by Crippen LogP contribution is -2.23. The second-order valence-corrected chi connectivity index (χ2v) is 4.86. The van der Waals surface area contributed by atoms with Gasteiger partial charge in [0, 0.05) is 0 Å². The van der Waals surface area contributed by atoms with Crippen molar-refractivity contribution in [2.75, 3.05) is 0 Å². The van der Waals surface area contributed by atoms with Crippen LogP contribution in [0.25, 0.3) is 0 Å². The Morgan fingerprint density at radius 1 is 1.31 bits per heavy atom. The molecule has 8 heteroatoms. The lowest BCUT2D eigenvalue weighted by atomic mass is 10.3. The van der Waals surface area contributed by atoms with Gasteiger partial charge >= 0.3 is 5.51 Å². The van der Waals surface area contributed by atoms with Gasteiger partial charge in [-0.05, 0) is 18.2 Å². The predicted molar refractivity (Wildman–Crippen MR) is 56.8 cm³/mol. The summed E-state index contributed by atoms with van der Waals surface area (Å²) in [4.78, 5) is 2.73. The van der Waals surface area contributed by atoms with E-state index in [1.807, 2.05) is 0 Å². The van der Waals surface area contributed by atoms with Gasteiger partial charge in [0.15, 0.2) is 0 Å². The van der Waals surface area contributed by atoms with Crippen LogP contribution in [0.1, 0.15) is 0 Å². The number of rotatable bonds is 2. The number of hydrogen-bond donors (Lipinski definition) is 1. The van der Waals surface area contributed by atoms with Crippen molar-refractivity contribution < 1.29 is 21.6 Å². The summed E-state index contributed by atoms with van der Waals surface area (Å²) in [5.74, 6) is 0. The average molecular weight is 269 g/mol. The molecule has 0 aliphatic carbocycles. The number of aliphatic imine (C=N–C) groups is 1. The molecule has 16 heavy (non-hydrogen) atoms. The highest BCUT2D eigenvalue weighted by molar-refractivity contribution is 7.94. The van der Waals surface area contributed by atoms with Crippen LogP contribution in [0.4, 0.5) is 18.9 Å². The first kappa shape index (κ1) is 13.0. The molecule has 0 unspecified atom stereocenters. The molecule has 1 aromatic rings. The van der Waals surface area contributed by atoms with Crippen molar-refractivity contribution >= 4 is 33.7 Å². The fourth-order valence-corrected chi connectivity index (χ4v) is 1.87. The summed E-state index contributed by atoms with van der Waals surface area (Å²) in [6.45, 7) is 0. The first-order valence-electron chi connectivity index (χ1n) is 3.87. The van der Waals surface area contributed by atoms with Crippen LogP contribution in [-0.2, 0) is 9.84 Å². The van der Waals surface area contributed by atoms with Crippen LogP contribution < -0.4 is 0 Å². The van der Waals surface area contributed by atoms with Crippen molar-refractivity contribution in [3.05, 3.63) is 24.3 Å². The zero-order chi connectivity index (χ0) is 12.4. The van der Waals surface area contributed by atoms with Gasteiger partial charge in [0.1, 0.15) is 0 Å². The van der Waals surface area contributed by atoms with Crippen LogP contribution in [0, 0.1) is 0 Å². The largest absolute Gasteiger partial charge is 0.501 e. The number of sulfone groups is 1. The maximum absolute atomic E-state index is 12.2. The predicted octanol–water partition coefficient (Wildman–Crippen LogP) is 2.57. The SMILES string of the molecule is O=S(=O)(c1cccc(/N=C/S)c1)C(F)(F)F. The fraction of sp³-hybridized carbons (Fsp3) is 0.125. The Morgan fingerprint density at radius 3 is 2.44 bits per heavy atom. The quantitative estimate of drug-likeness (QED) is 0.509. The highest BCUT2D eigenvalue weighted by Crippen LogP contribution is 2.31. The van der Waals surface area contributed by atoms with Gasteiger partial charge in [-0.25, -0.2) is 8.42 Å². The van der Waals surface area contributed by atoms with E-state index in [1.165, 1.54) is 12.1 Å². The number of thiol groups is 1. The Hall–Kier alpha value is -1.02. The van der Waals surface area contributed by atoms with E-state index in [1.54, 1.807) is 0 Å². The van der Waals surface area contributed by atoms with E-state index in [0.29, 0.717) is 0 Å². The molecule has 0 amide bonds. The monoisotopic (exact) mass is 269 g/mol. The summed E-state index contributed by atoms with van der Waals surface area (Å²) in [5, 5.41) is 0. The minimum Gasteiger partial charge on any atom is -0.250 e. The van der Waals surface area contributed by atoms with E-state index >= 15 is 0 Å². The number of nitrogens with zero attached hydrogens (tertiary/aromatic N) is 1. The molecule has 0 fully saturated rings. The fourth-order valence-electron chi connectivity index (χ4n) is 0.931. The van der Waals surface area contributed by atoms with Gasteiger partial charge in [-0.3, -0.25) is 4.99 Å². The van der Waals surface area contributed by atoms with Crippen LogP contribution in [0.2, 0.25) is 0 Å². The minimum absolute atomic E-state index is 0.0836. The van der Waals surface area contributed by atoms with E-state index in [2.05, 4.69) is 17.6 Å². The van der Waals surface area contributed by atoms with Crippen LogP contribution in [0.5, 0.6) is 0 Å². The summed E-state index contributed by atoms with van der Waals surface area (Å²) < 4.78 is 58.6. The third kappa shape index (κ3) is 2.56. The molecule has 0 radical (unpaired) electrons.